The molecule has 3 aliphatic rings. The second-order valence-electron chi connectivity index (χ2n) is 9.77. The topological polar surface area (TPSA) is 88.7 Å². The van der Waals surface area contributed by atoms with Gasteiger partial charge in [-0.25, -0.2) is 9.69 Å². The van der Waals surface area contributed by atoms with Gasteiger partial charge < -0.3 is 9.84 Å². The lowest BCUT2D eigenvalue weighted by atomic mass is 10.0. The van der Waals surface area contributed by atoms with E-state index in [4.69, 9.17) is 9.73 Å². The number of β-amino-alcohol motifs (C(OH)–C–C–N with tert-alkyl or cyclic N) is 1. The minimum absolute atomic E-state index is 0.0911. The fourth-order valence-corrected chi connectivity index (χ4v) is 4.83. The molecule has 1 N–H and O–H groups in total. The molecule has 0 aliphatic carbocycles. The van der Waals surface area contributed by atoms with Gasteiger partial charge in [-0.15, -0.1) is 0 Å². The summed E-state index contributed by atoms with van der Waals surface area (Å²) in [5.74, 6) is 1.81. The molecule has 0 spiro atoms. The first kappa shape index (κ1) is 24.2. The number of likely N-dealkylation sites (N-methyl/N-ethyl adjacent to an activating group) is 2. The molecule has 184 valence electrons. The number of amidine groups is 1. The molecule has 3 amide bonds. The molecule has 1 aromatic carbocycles. The van der Waals surface area contributed by atoms with E-state index in [-0.39, 0.29) is 19.1 Å². The number of guanidine groups is 1. The average molecular weight is 471 g/mol. The Labute approximate surface area is 201 Å². The predicted molar refractivity (Wildman–Crippen MR) is 129 cm³/mol. The first-order chi connectivity index (χ1) is 16.2. The maximum absolute atomic E-state index is 13.1. The fraction of sp³-hybridized carbons (Fsp3) is 0.600. The molecule has 2 fully saturated rings. The van der Waals surface area contributed by atoms with Gasteiger partial charge in [-0.05, 0) is 49.3 Å². The number of piperidine rings is 1. The summed E-state index contributed by atoms with van der Waals surface area (Å²) in [6.07, 6.45) is 2.41. The normalized spacial score (nSPS) is 21.9. The highest BCUT2D eigenvalue weighted by Gasteiger charge is 2.55. The summed E-state index contributed by atoms with van der Waals surface area (Å²) in [4.78, 5) is 34.8. The van der Waals surface area contributed by atoms with Crippen molar-refractivity contribution in [3.05, 3.63) is 29.3 Å². The third-order valence-corrected chi connectivity index (χ3v) is 6.78. The molecule has 3 aliphatic heterocycles. The number of aryl methyl sites for hydroxylation is 1. The van der Waals surface area contributed by atoms with Crippen molar-refractivity contribution in [1.29, 1.82) is 0 Å². The van der Waals surface area contributed by atoms with Crippen LogP contribution in [-0.4, -0.2) is 101 Å². The molecule has 34 heavy (non-hydrogen) atoms. The largest absolute Gasteiger partial charge is 0.490 e. The van der Waals surface area contributed by atoms with Crippen LogP contribution in [0.1, 0.15) is 50.2 Å². The van der Waals surface area contributed by atoms with Crippen LogP contribution in [-0.2, 0) is 4.79 Å². The first-order valence-corrected chi connectivity index (χ1v) is 12.1. The van der Waals surface area contributed by atoms with E-state index in [9.17, 15) is 14.7 Å². The number of urea groups is 1. The lowest BCUT2D eigenvalue weighted by Gasteiger charge is -2.33. The number of carbonyl (C=O) groups excluding carboxylic acids is 2. The molecule has 0 radical (unpaired) electrons. The third kappa shape index (κ3) is 4.53. The molecule has 2 atom stereocenters. The number of amides is 3. The van der Waals surface area contributed by atoms with E-state index in [1.165, 1.54) is 11.9 Å². The summed E-state index contributed by atoms with van der Waals surface area (Å²) in [6.45, 7) is 8.18. The van der Waals surface area contributed by atoms with E-state index in [2.05, 4.69) is 30.6 Å². The molecule has 9 nitrogen and oxygen atoms in total. The van der Waals surface area contributed by atoms with Crippen LogP contribution in [0, 0.1) is 6.92 Å². The van der Waals surface area contributed by atoms with E-state index in [1.807, 2.05) is 17.9 Å². The van der Waals surface area contributed by atoms with Gasteiger partial charge in [-0.3, -0.25) is 19.2 Å². The quantitative estimate of drug-likeness (QED) is 0.643. The van der Waals surface area contributed by atoms with Gasteiger partial charge in [0.25, 0.3) is 5.91 Å². The highest BCUT2D eigenvalue weighted by Crippen LogP contribution is 2.28. The van der Waals surface area contributed by atoms with Gasteiger partial charge in [0.1, 0.15) is 18.5 Å². The smallest absolute Gasteiger partial charge is 0.392 e. The summed E-state index contributed by atoms with van der Waals surface area (Å²) < 4.78 is 8.22. The standard InChI is InChI=1S/C25H36N5O4/c1-16(2)19-10-9-17(3)13-20(19)34-15-18(31)14-30-21-22(27(4)25(33)28(5)23(21)32)26-24(30)29-11-7-6-8-12-29/h9-10,13,16,18,21,31H,6-8,11-12,14-15H2,1-5H3/q+1. The zero-order valence-corrected chi connectivity index (χ0v) is 20.8. The van der Waals surface area contributed by atoms with Gasteiger partial charge in [0.2, 0.25) is 11.9 Å². The molecule has 4 rings (SSSR count). The van der Waals surface area contributed by atoms with E-state index in [0.717, 1.165) is 54.1 Å². The van der Waals surface area contributed by atoms with Crippen molar-refractivity contribution in [3.8, 4) is 5.75 Å². The molecule has 3 heterocycles. The maximum Gasteiger partial charge on any atom is 0.392 e. The van der Waals surface area contributed by atoms with Crippen LogP contribution < -0.4 is 4.74 Å². The Morgan fingerprint density at radius 1 is 1.15 bits per heavy atom. The lowest BCUT2D eigenvalue weighted by Crippen LogP contribution is -2.63. The lowest BCUT2D eigenvalue weighted by molar-refractivity contribution is -0.542. The number of carbonyl (C=O) groups is 2. The molecular formula is C25H36N5O4+. The molecule has 2 saturated heterocycles. The van der Waals surface area contributed by atoms with Crippen LogP contribution in [0.25, 0.3) is 0 Å². The van der Waals surface area contributed by atoms with E-state index in [0.29, 0.717) is 17.7 Å². The van der Waals surface area contributed by atoms with Crippen molar-refractivity contribution in [2.45, 2.75) is 58.1 Å². The van der Waals surface area contributed by atoms with Gasteiger partial charge in [0, 0.05) is 14.1 Å². The molecule has 0 bridgehead atoms. The Kier molecular flexibility index (Phi) is 6.93. The summed E-state index contributed by atoms with van der Waals surface area (Å²) in [5.41, 5.74) is 2.19. The zero-order valence-electron chi connectivity index (χ0n) is 20.8. The minimum atomic E-state index is -0.851. The van der Waals surface area contributed by atoms with Crippen LogP contribution in [0.2, 0.25) is 0 Å². The molecule has 0 saturated carbocycles. The summed E-state index contributed by atoms with van der Waals surface area (Å²) >= 11 is 0. The average Bonchev–Trinajstić information content (AvgIpc) is 3.19. The number of nitrogens with zero attached hydrogens (tertiary/aromatic N) is 5. The van der Waals surface area contributed by atoms with Crippen molar-refractivity contribution >= 4 is 23.7 Å². The number of hydrogen-bond acceptors (Lipinski definition) is 4. The van der Waals surface area contributed by atoms with Crippen molar-refractivity contribution in [1.82, 2.24) is 14.7 Å². The highest BCUT2D eigenvalue weighted by atomic mass is 16.5. The second kappa shape index (κ2) is 9.74. The Balaban J connectivity index is 1.57. The SMILES string of the molecule is Cc1ccc(C(C)C)c(OCC(O)CN2C(=[N+]3CCCCC3)N=C3C2C(=O)N(C)C(=O)N3C)c1. The molecule has 0 aromatic heterocycles. The van der Waals surface area contributed by atoms with E-state index < -0.39 is 18.2 Å². The molecular weight excluding hydrogens is 434 g/mol. The number of aliphatic hydroxyl groups is 1. The molecule has 1 aromatic rings. The Morgan fingerprint density at radius 2 is 1.85 bits per heavy atom. The molecule has 2 unspecified atom stereocenters. The fourth-order valence-electron chi connectivity index (χ4n) is 4.83. The van der Waals surface area contributed by atoms with Crippen LogP contribution in [0.4, 0.5) is 4.79 Å². The van der Waals surface area contributed by atoms with Crippen molar-refractivity contribution in [2.75, 3.05) is 40.3 Å². The minimum Gasteiger partial charge on any atom is -0.490 e. The summed E-state index contributed by atoms with van der Waals surface area (Å²) in [5, 5.41) is 11.0. The zero-order chi connectivity index (χ0) is 24.6. The Bertz CT molecular complexity index is 1030. The molecule has 9 heteroatoms. The Hall–Kier alpha value is -2.94. The van der Waals surface area contributed by atoms with Crippen molar-refractivity contribution in [2.24, 2.45) is 4.99 Å². The second-order valence-corrected chi connectivity index (χ2v) is 9.77. The van der Waals surface area contributed by atoms with Gasteiger partial charge >= 0.3 is 12.0 Å². The number of aliphatic imine (C=N–C) groups is 1. The van der Waals surface area contributed by atoms with Crippen LogP contribution in [0.3, 0.4) is 0 Å². The van der Waals surface area contributed by atoms with Gasteiger partial charge in [0.05, 0.1) is 19.6 Å². The van der Waals surface area contributed by atoms with Crippen molar-refractivity contribution in [3.63, 3.8) is 0 Å². The van der Waals surface area contributed by atoms with E-state index >= 15 is 0 Å². The predicted octanol–water partition coefficient (Wildman–Crippen LogP) is 2.02. The van der Waals surface area contributed by atoms with Gasteiger partial charge in [-0.2, -0.15) is 0 Å². The van der Waals surface area contributed by atoms with Crippen LogP contribution in [0.5, 0.6) is 5.75 Å². The third-order valence-electron chi connectivity index (χ3n) is 6.78. The first-order valence-electron chi connectivity index (χ1n) is 12.1. The number of hydrogen-bond donors (Lipinski definition) is 1. The van der Waals surface area contributed by atoms with Crippen molar-refractivity contribution < 1.29 is 24.0 Å². The highest BCUT2D eigenvalue weighted by molar-refractivity contribution is 6.25. The number of imide groups is 1. The number of ether oxygens (including phenoxy) is 1. The van der Waals surface area contributed by atoms with E-state index in [1.54, 1.807) is 7.05 Å². The summed E-state index contributed by atoms with van der Waals surface area (Å²) in [6, 6.07) is 4.98. The maximum atomic E-state index is 13.1. The number of fused-ring (bicyclic) bond motifs is 1. The number of aliphatic hydroxyl groups excluding tert-OH is 1. The van der Waals surface area contributed by atoms with Crippen LogP contribution >= 0.6 is 0 Å². The monoisotopic (exact) mass is 470 g/mol. The Morgan fingerprint density at radius 3 is 2.53 bits per heavy atom. The van der Waals surface area contributed by atoms with Gasteiger partial charge in [0.15, 0.2) is 0 Å². The van der Waals surface area contributed by atoms with Gasteiger partial charge in [-0.1, -0.05) is 31.0 Å². The summed E-state index contributed by atoms with van der Waals surface area (Å²) in [7, 11) is 3.12. The van der Waals surface area contributed by atoms with Crippen LogP contribution in [0.15, 0.2) is 23.2 Å². The number of rotatable bonds is 6. The number of benzene rings is 1.